The fourth-order valence-corrected chi connectivity index (χ4v) is 2.17. The molecule has 0 aliphatic heterocycles. The number of hydrogen-bond acceptors (Lipinski definition) is 2. The second-order valence-corrected chi connectivity index (χ2v) is 6.47. The third-order valence-corrected chi connectivity index (χ3v) is 3.18. The van der Waals surface area contributed by atoms with Crippen molar-refractivity contribution in [1.29, 1.82) is 0 Å². The predicted molar refractivity (Wildman–Crippen MR) is 84.2 cm³/mol. The van der Waals surface area contributed by atoms with Crippen LogP contribution in [-0.4, -0.2) is 11.6 Å². The van der Waals surface area contributed by atoms with Crippen LogP contribution in [0.4, 0.5) is 0 Å². The third kappa shape index (κ3) is 5.77. The van der Waals surface area contributed by atoms with Gasteiger partial charge in [-0.3, -0.25) is 0 Å². The number of rotatable bonds is 6. The van der Waals surface area contributed by atoms with Gasteiger partial charge in [-0.25, -0.2) is 4.79 Å². The van der Waals surface area contributed by atoms with Crippen molar-refractivity contribution in [3.8, 4) is 0 Å². The molecule has 20 heavy (non-hydrogen) atoms. The number of benzene rings is 1. The van der Waals surface area contributed by atoms with E-state index in [2.05, 4.69) is 19.1 Å². The lowest BCUT2D eigenvalue weighted by Crippen LogP contribution is -2.24. The van der Waals surface area contributed by atoms with Crippen LogP contribution in [-0.2, 0) is 11.2 Å². The van der Waals surface area contributed by atoms with Crippen molar-refractivity contribution < 1.29 is 9.53 Å². The SMILES string of the molecule is CCCCCCc1ccc(C)cc1C(=O)OC(C)(C)C. The van der Waals surface area contributed by atoms with Crippen LogP contribution in [0.5, 0.6) is 0 Å². The summed E-state index contributed by atoms with van der Waals surface area (Å²) in [6.45, 7) is 9.93. The number of ether oxygens (including phenoxy) is 1. The van der Waals surface area contributed by atoms with Crippen molar-refractivity contribution in [1.82, 2.24) is 0 Å². The van der Waals surface area contributed by atoms with E-state index in [-0.39, 0.29) is 5.97 Å². The highest BCUT2D eigenvalue weighted by atomic mass is 16.6. The van der Waals surface area contributed by atoms with E-state index in [4.69, 9.17) is 4.74 Å². The molecule has 0 spiro atoms. The fraction of sp³-hybridized carbons (Fsp3) is 0.611. The first-order valence-corrected chi connectivity index (χ1v) is 7.66. The largest absolute Gasteiger partial charge is 0.456 e. The maximum absolute atomic E-state index is 12.3. The summed E-state index contributed by atoms with van der Waals surface area (Å²) < 4.78 is 5.51. The van der Waals surface area contributed by atoms with Gasteiger partial charge in [0.1, 0.15) is 5.60 Å². The van der Waals surface area contributed by atoms with Crippen LogP contribution in [0.1, 0.15) is 74.9 Å². The van der Waals surface area contributed by atoms with Gasteiger partial charge in [-0.05, 0) is 52.2 Å². The van der Waals surface area contributed by atoms with Crippen LogP contribution < -0.4 is 0 Å². The van der Waals surface area contributed by atoms with E-state index < -0.39 is 5.60 Å². The molecule has 0 saturated heterocycles. The van der Waals surface area contributed by atoms with Gasteiger partial charge in [0.15, 0.2) is 0 Å². The average molecular weight is 276 g/mol. The van der Waals surface area contributed by atoms with E-state index in [0.717, 1.165) is 29.5 Å². The van der Waals surface area contributed by atoms with Gasteiger partial charge in [0.25, 0.3) is 0 Å². The molecule has 2 nitrogen and oxygen atoms in total. The highest BCUT2D eigenvalue weighted by Crippen LogP contribution is 2.19. The molecule has 0 atom stereocenters. The molecular formula is C18H28O2. The molecule has 112 valence electrons. The molecule has 0 heterocycles. The Bertz CT molecular complexity index is 441. The summed E-state index contributed by atoms with van der Waals surface area (Å²) in [7, 11) is 0. The summed E-state index contributed by atoms with van der Waals surface area (Å²) in [4.78, 5) is 12.3. The normalized spacial score (nSPS) is 11.4. The van der Waals surface area contributed by atoms with Gasteiger partial charge in [0, 0.05) is 0 Å². The van der Waals surface area contributed by atoms with Crippen molar-refractivity contribution in [3.63, 3.8) is 0 Å². The van der Waals surface area contributed by atoms with Crippen LogP contribution in [0.3, 0.4) is 0 Å². The van der Waals surface area contributed by atoms with Gasteiger partial charge in [-0.15, -0.1) is 0 Å². The number of carbonyl (C=O) groups excluding carboxylic acids is 1. The maximum Gasteiger partial charge on any atom is 0.338 e. The van der Waals surface area contributed by atoms with Crippen LogP contribution >= 0.6 is 0 Å². The first-order valence-electron chi connectivity index (χ1n) is 7.66. The Morgan fingerprint density at radius 3 is 2.45 bits per heavy atom. The molecule has 0 aliphatic rings. The zero-order valence-corrected chi connectivity index (χ0v) is 13.6. The first-order chi connectivity index (χ1) is 9.33. The van der Waals surface area contributed by atoms with Crippen molar-refractivity contribution in [2.45, 2.75) is 72.3 Å². The molecule has 0 amide bonds. The fourth-order valence-electron chi connectivity index (χ4n) is 2.17. The first kappa shape index (κ1) is 16.7. The van der Waals surface area contributed by atoms with Gasteiger partial charge in [-0.1, -0.05) is 43.9 Å². The molecule has 0 bridgehead atoms. The Kier molecular flexibility index (Phi) is 6.25. The number of carbonyl (C=O) groups is 1. The van der Waals surface area contributed by atoms with E-state index in [0.29, 0.717) is 0 Å². The lowest BCUT2D eigenvalue weighted by Gasteiger charge is -2.21. The molecule has 1 aromatic carbocycles. The van der Waals surface area contributed by atoms with Crippen LogP contribution in [0, 0.1) is 6.92 Å². The topological polar surface area (TPSA) is 26.3 Å². The second-order valence-electron chi connectivity index (χ2n) is 6.47. The van der Waals surface area contributed by atoms with Crippen LogP contribution in [0.2, 0.25) is 0 Å². The van der Waals surface area contributed by atoms with Crippen molar-refractivity contribution in [2.24, 2.45) is 0 Å². The zero-order valence-electron chi connectivity index (χ0n) is 13.6. The molecule has 0 saturated carbocycles. The molecule has 2 heteroatoms. The third-order valence-electron chi connectivity index (χ3n) is 3.18. The minimum atomic E-state index is -0.444. The molecule has 1 aromatic rings. The summed E-state index contributed by atoms with van der Waals surface area (Å²) >= 11 is 0. The molecule has 0 N–H and O–H groups in total. The minimum Gasteiger partial charge on any atom is -0.456 e. The summed E-state index contributed by atoms with van der Waals surface area (Å²) in [5, 5.41) is 0. The van der Waals surface area contributed by atoms with Crippen LogP contribution in [0.15, 0.2) is 18.2 Å². The van der Waals surface area contributed by atoms with E-state index in [1.165, 1.54) is 19.3 Å². The van der Waals surface area contributed by atoms with E-state index in [1.807, 2.05) is 33.8 Å². The van der Waals surface area contributed by atoms with E-state index in [9.17, 15) is 4.79 Å². The molecule has 0 aromatic heterocycles. The highest BCUT2D eigenvalue weighted by Gasteiger charge is 2.20. The smallest absolute Gasteiger partial charge is 0.338 e. The van der Waals surface area contributed by atoms with Crippen molar-refractivity contribution >= 4 is 5.97 Å². The number of hydrogen-bond donors (Lipinski definition) is 0. The predicted octanol–water partition coefficient (Wildman–Crippen LogP) is 5.07. The molecule has 0 unspecified atom stereocenters. The summed E-state index contributed by atoms with van der Waals surface area (Å²) in [5.74, 6) is -0.202. The van der Waals surface area contributed by atoms with Crippen molar-refractivity contribution in [3.05, 3.63) is 34.9 Å². The maximum atomic E-state index is 12.3. The molecule has 1 rings (SSSR count). The monoisotopic (exact) mass is 276 g/mol. The average Bonchev–Trinajstić information content (AvgIpc) is 2.34. The molecular weight excluding hydrogens is 248 g/mol. The number of unbranched alkanes of at least 4 members (excludes halogenated alkanes) is 3. The minimum absolute atomic E-state index is 0.202. The zero-order chi connectivity index (χ0) is 15.2. The van der Waals surface area contributed by atoms with E-state index >= 15 is 0 Å². The van der Waals surface area contributed by atoms with Gasteiger partial charge in [0.05, 0.1) is 5.56 Å². The Morgan fingerprint density at radius 1 is 1.15 bits per heavy atom. The summed E-state index contributed by atoms with van der Waals surface area (Å²) in [5.41, 5.74) is 2.50. The molecule has 0 aliphatic carbocycles. The van der Waals surface area contributed by atoms with Gasteiger partial charge >= 0.3 is 5.97 Å². The number of esters is 1. The van der Waals surface area contributed by atoms with Crippen molar-refractivity contribution in [2.75, 3.05) is 0 Å². The lowest BCUT2D eigenvalue weighted by atomic mass is 9.99. The Morgan fingerprint density at radius 2 is 1.85 bits per heavy atom. The van der Waals surface area contributed by atoms with Crippen LogP contribution in [0.25, 0.3) is 0 Å². The van der Waals surface area contributed by atoms with E-state index in [1.54, 1.807) is 0 Å². The van der Waals surface area contributed by atoms with Gasteiger partial charge in [0.2, 0.25) is 0 Å². The standard InChI is InChI=1S/C18H28O2/c1-6-7-8-9-10-15-12-11-14(2)13-16(15)17(19)20-18(3,4)5/h11-13H,6-10H2,1-5H3. The molecule has 0 radical (unpaired) electrons. The second kappa shape index (κ2) is 7.47. The number of aryl methyl sites for hydroxylation is 2. The summed E-state index contributed by atoms with van der Waals surface area (Å²) in [6, 6.07) is 6.09. The van der Waals surface area contributed by atoms with Gasteiger partial charge in [-0.2, -0.15) is 0 Å². The molecule has 0 fully saturated rings. The Hall–Kier alpha value is -1.31. The Balaban J connectivity index is 2.82. The van der Waals surface area contributed by atoms with Gasteiger partial charge < -0.3 is 4.74 Å². The Labute approximate surface area is 123 Å². The lowest BCUT2D eigenvalue weighted by molar-refractivity contribution is 0.00682. The highest BCUT2D eigenvalue weighted by molar-refractivity contribution is 5.91. The quantitative estimate of drug-likeness (QED) is 0.535. The summed E-state index contributed by atoms with van der Waals surface area (Å²) in [6.07, 6.45) is 5.79.